The predicted octanol–water partition coefficient (Wildman–Crippen LogP) is 3.39. The molecule has 1 aliphatic heterocycles. The SMILES string of the molecule is Cc1ccsc1CN(C)c1ccc([N+](=O)[O-])cc1S(=O)(=O)N1CCCC1. The smallest absolute Gasteiger partial charge is 0.270 e. The molecule has 9 heteroatoms. The second kappa shape index (κ2) is 7.34. The Morgan fingerprint density at radius 3 is 2.54 bits per heavy atom. The molecule has 7 nitrogen and oxygen atoms in total. The molecule has 1 saturated heterocycles. The van der Waals surface area contributed by atoms with Crippen LogP contribution >= 0.6 is 11.3 Å². The lowest BCUT2D eigenvalue weighted by atomic mass is 10.2. The van der Waals surface area contributed by atoms with Crippen LogP contribution in [0.5, 0.6) is 0 Å². The maximum Gasteiger partial charge on any atom is 0.270 e. The van der Waals surface area contributed by atoms with E-state index in [9.17, 15) is 18.5 Å². The van der Waals surface area contributed by atoms with Crippen LogP contribution < -0.4 is 4.90 Å². The summed E-state index contributed by atoms with van der Waals surface area (Å²) in [7, 11) is -1.96. The largest absolute Gasteiger partial charge is 0.368 e. The number of nitro benzene ring substituents is 1. The van der Waals surface area contributed by atoms with E-state index in [0.29, 0.717) is 25.3 Å². The summed E-state index contributed by atoms with van der Waals surface area (Å²) in [6.07, 6.45) is 1.63. The first-order valence-electron chi connectivity index (χ1n) is 8.33. The predicted molar refractivity (Wildman–Crippen MR) is 102 cm³/mol. The van der Waals surface area contributed by atoms with Crippen molar-refractivity contribution in [3.8, 4) is 0 Å². The molecule has 0 atom stereocenters. The van der Waals surface area contributed by atoms with Gasteiger partial charge in [-0.3, -0.25) is 10.1 Å². The Balaban J connectivity index is 2.04. The molecule has 1 aromatic heterocycles. The summed E-state index contributed by atoms with van der Waals surface area (Å²) in [5.74, 6) is 0. The van der Waals surface area contributed by atoms with Crippen molar-refractivity contribution < 1.29 is 13.3 Å². The zero-order chi connectivity index (χ0) is 18.9. The van der Waals surface area contributed by atoms with Crippen LogP contribution in [0.3, 0.4) is 0 Å². The van der Waals surface area contributed by atoms with Gasteiger partial charge in [0.25, 0.3) is 5.69 Å². The zero-order valence-electron chi connectivity index (χ0n) is 14.7. The lowest BCUT2D eigenvalue weighted by Gasteiger charge is -2.24. The number of hydrogen-bond acceptors (Lipinski definition) is 6. The highest BCUT2D eigenvalue weighted by Gasteiger charge is 2.32. The molecule has 26 heavy (non-hydrogen) atoms. The summed E-state index contributed by atoms with van der Waals surface area (Å²) >= 11 is 1.61. The number of thiophene rings is 1. The van der Waals surface area contributed by atoms with Gasteiger partial charge in [-0.2, -0.15) is 4.31 Å². The maximum atomic E-state index is 13.1. The van der Waals surface area contributed by atoms with Crippen LogP contribution in [0.1, 0.15) is 23.3 Å². The lowest BCUT2D eigenvalue weighted by molar-refractivity contribution is -0.385. The number of aryl methyl sites for hydroxylation is 1. The summed E-state index contributed by atoms with van der Waals surface area (Å²) < 4.78 is 27.6. The van der Waals surface area contributed by atoms with Gasteiger partial charge in [-0.05, 0) is 42.8 Å². The first-order chi connectivity index (χ1) is 12.3. The number of non-ortho nitro benzene ring substituents is 1. The average Bonchev–Trinajstić information content (AvgIpc) is 3.27. The van der Waals surface area contributed by atoms with Gasteiger partial charge in [0.1, 0.15) is 4.90 Å². The molecule has 0 unspecified atom stereocenters. The zero-order valence-corrected chi connectivity index (χ0v) is 16.3. The highest BCUT2D eigenvalue weighted by Crippen LogP contribution is 2.33. The molecule has 0 bridgehead atoms. The number of rotatable bonds is 6. The molecule has 1 fully saturated rings. The van der Waals surface area contributed by atoms with Crippen LogP contribution in [-0.2, 0) is 16.6 Å². The molecule has 0 N–H and O–H groups in total. The van der Waals surface area contributed by atoms with Crippen LogP contribution in [0, 0.1) is 17.0 Å². The Kier molecular flexibility index (Phi) is 5.31. The van der Waals surface area contributed by atoms with E-state index in [1.54, 1.807) is 11.3 Å². The third-order valence-electron chi connectivity index (χ3n) is 4.60. The van der Waals surface area contributed by atoms with Gasteiger partial charge in [0, 0.05) is 37.1 Å². The van der Waals surface area contributed by atoms with Crippen LogP contribution in [-0.4, -0.2) is 37.8 Å². The van der Waals surface area contributed by atoms with E-state index in [2.05, 4.69) is 0 Å². The molecule has 0 spiro atoms. The van der Waals surface area contributed by atoms with Crippen molar-refractivity contribution in [1.82, 2.24) is 4.31 Å². The molecule has 2 aromatic rings. The van der Waals surface area contributed by atoms with E-state index in [-0.39, 0.29) is 10.6 Å². The quantitative estimate of drug-likeness (QED) is 0.553. The van der Waals surface area contributed by atoms with Crippen LogP contribution in [0.2, 0.25) is 0 Å². The van der Waals surface area contributed by atoms with Gasteiger partial charge < -0.3 is 4.90 Å². The minimum atomic E-state index is -3.77. The van der Waals surface area contributed by atoms with E-state index in [0.717, 1.165) is 23.3 Å². The van der Waals surface area contributed by atoms with Crippen LogP contribution in [0.4, 0.5) is 11.4 Å². The van der Waals surface area contributed by atoms with E-state index in [4.69, 9.17) is 0 Å². The monoisotopic (exact) mass is 395 g/mol. The Morgan fingerprint density at radius 1 is 1.27 bits per heavy atom. The van der Waals surface area contributed by atoms with E-state index in [1.807, 2.05) is 30.3 Å². The summed E-state index contributed by atoms with van der Waals surface area (Å²) in [6, 6.07) is 6.09. The molecular weight excluding hydrogens is 374 g/mol. The fourth-order valence-electron chi connectivity index (χ4n) is 3.07. The highest BCUT2D eigenvalue weighted by molar-refractivity contribution is 7.89. The van der Waals surface area contributed by atoms with Gasteiger partial charge in [0.2, 0.25) is 10.0 Å². The Morgan fingerprint density at radius 2 is 1.96 bits per heavy atom. The second-order valence-electron chi connectivity index (χ2n) is 6.40. The topological polar surface area (TPSA) is 83.8 Å². The Labute approximate surface area is 157 Å². The fraction of sp³-hybridized carbons (Fsp3) is 0.412. The molecule has 3 rings (SSSR count). The number of hydrogen-bond donors (Lipinski definition) is 0. The summed E-state index contributed by atoms with van der Waals surface area (Å²) in [4.78, 5) is 13.6. The maximum absolute atomic E-state index is 13.1. The fourth-order valence-corrected chi connectivity index (χ4v) is 5.81. The lowest BCUT2D eigenvalue weighted by Crippen LogP contribution is -2.30. The van der Waals surface area contributed by atoms with Crippen molar-refractivity contribution in [3.05, 3.63) is 50.2 Å². The normalized spacial score (nSPS) is 15.3. The average molecular weight is 396 g/mol. The van der Waals surface area contributed by atoms with Gasteiger partial charge >= 0.3 is 0 Å². The van der Waals surface area contributed by atoms with Crippen molar-refractivity contribution in [1.29, 1.82) is 0 Å². The molecule has 1 aliphatic rings. The van der Waals surface area contributed by atoms with Gasteiger partial charge in [-0.15, -0.1) is 11.3 Å². The first-order valence-corrected chi connectivity index (χ1v) is 10.7. The van der Waals surface area contributed by atoms with Gasteiger partial charge in [0.15, 0.2) is 0 Å². The van der Waals surface area contributed by atoms with Crippen LogP contribution in [0.15, 0.2) is 34.5 Å². The van der Waals surface area contributed by atoms with Crippen molar-refractivity contribution in [2.75, 3.05) is 25.0 Å². The minimum absolute atomic E-state index is 0.00492. The molecule has 1 aromatic carbocycles. The van der Waals surface area contributed by atoms with Crippen molar-refractivity contribution in [2.45, 2.75) is 31.2 Å². The van der Waals surface area contributed by atoms with E-state index < -0.39 is 14.9 Å². The molecule has 0 saturated carbocycles. The molecule has 2 heterocycles. The van der Waals surface area contributed by atoms with Crippen molar-refractivity contribution >= 4 is 32.7 Å². The Bertz CT molecular complexity index is 918. The number of anilines is 1. The third-order valence-corrected chi connectivity index (χ3v) is 7.53. The molecule has 0 amide bonds. The molecule has 0 radical (unpaired) electrons. The molecule has 140 valence electrons. The summed E-state index contributed by atoms with van der Waals surface area (Å²) in [5, 5.41) is 13.2. The van der Waals surface area contributed by atoms with Crippen LogP contribution in [0.25, 0.3) is 0 Å². The minimum Gasteiger partial charge on any atom is -0.368 e. The summed E-state index contributed by atoms with van der Waals surface area (Å²) in [6.45, 7) is 3.47. The summed E-state index contributed by atoms with van der Waals surface area (Å²) in [5.41, 5.74) is 1.41. The van der Waals surface area contributed by atoms with Crippen molar-refractivity contribution in [2.24, 2.45) is 0 Å². The second-order valence-corrected chi connectivity index (χ2v) is 9.31. The number of nitrogens with zero attached hydrogens (tertiary/aromatic N) is 3. The van der Waals surface area contributed by atoms with E-state index in [1.165, 1.54) is 22.5 Å². The van der Waals surface area contributed by atoms with Gasteiger partial charge in [-0.25, -0.2) is 8.42 Å². The Hall–Kier alpha value is -1.97. The number of nitro groups is 1. The third kappa shape index (κ3) is 3.60. The van der Waals surface area contributed by atoms with Gasteiger partial charge in [0.05, 0.1) is 17.2 Å². The van der Waals surface area contributed by atoms with E-state index >= 15 is 0 Å². The molecular formula is C17H21N3O4S2. The first kappa shape index (κ1) is 18.8. The standard InChI is InChI=1S/C17H21N3O4S2/c1-13-7-10-25-16(13)12-18(2)15-6-5-14(20(21)22)11-17(15)26(23,24)19-8-3-4-9-19/h5-7,10-11H,3-4,8-9,12H2,1-2H3. The van der Waals surface area contributed by atoms with Crippen molar-refractivity contribution in [3.63, 3.8) is 0 Å². The van der Waals surface area contributed by atoms with Gasteiger partial charge in [-0.1, -0.05) is 0 Å². The highest BCUT2D eigenvalue weighted by atomic mass is 32.2. The number of sulfonamides is 1. The number of benzene rings is 1. The molecule has 0 aliphatic carbocycles.